The maximum Gasteiger partial charge on any atom is 0.417 e. The van der Waals surface area contributed by atoms with Crippen LogP contribution in [-0.2, 0) is 6.18 Å². The van der Waals surface area contributed by atoms with Crippen LogP contribution in [-0.4, -0.2) is 19.9 Å². The maximum atomic E-state index is 13.5. The zero-order chi connectivity index (χ0) is 19.4. The van der Waals surface area contributed by atoms with Crippen molar-refractivity contribution in [2.24, 2.45) is 0 Å². The monoisotopic (exact) mass is 405 g/mol. The molecule has 10 heteroatoms. The molecular formula is C16H12Cl2F3N3O2. The van der Waals surface area contributed by atoms with Gasteiger partial charge in [-0.1, -0.05) is 29.3 Å². The quantitative estimate of drug-likeness (QED) is 0.543. The molecule has 0 unspecified atom stereocenters. The van der Waals surface area contributed by atoms with Gasteiger partial charge in [-0.15, -0.1) is 0 Å². The third-order valence-electron chi connectivity index (χ3n) is 4.06. The van der Waals surface area contributed by atoms with E-state index in [1.54, 1.807) is 13.8 Å². The first-order chi connectivity index (χ1) is 12.0. The number of alkyl halides is 3. The highest BCUT2D eigenvalue weighted by Gasteiger charge is 2.34. The molecule has 5 nitrogen and oxygen atoms in total. The van der Waals surface area contributed by atoms with E-state index in [1.807, 2.05) is 0 Å². The summed E-state index contributed by atoms with van der Waals surface area (Å²) in [5.41, 5.74) is 2.05. The number of halogens is 5. The topological polar surface area (TPSA) is 70.3 Å². The average Bonchev–Trinajstić information content (AvgIpc) is 2.75. The van der Waals surface area contributed by atoms with Crippen LogP contribution >= 0.6 is 23.2 Å². The lowest BCUT2D eigenvalue weighted by Crippen LogP contribution is -2.13. The summed E-state index contributed by atoms with van der Waals surface area (Å²) in [6, 6.07) is 3.20. The molecule has 26 heavy (non-hydrogen) atoms. The molecule has 2 heterocycles. The molecule has 0 aliphatic carbocycles. The molecule has 0 spiro atoms. The molecule has 1 aromatic carbocycles. The molecular weight excluding hydrogens is 394 g/mol. The first kappa shape index (κ1) is 18.5. The van der Waals surface area contributed by atoms with Crippen molar-refractivity contribution < 1.29 is 23.4 Å². The SMILES string of the molecule is Cc1c(C)c(O)n(Nc2cc(C(F)(F)F)c3ccc(Cl)c(Cl)c3n2)c1O. The fourth-order valence-corrected chi connectivity index (χ4v) is 2.88. The standard InChI is InChI=1S/C16H12Cl2F3N3O2/c1-6-7(2)15(26)24(14(6)25)23-11-5-9(16(19,20)21)8-3-4-10(17)12(18)13(8)22-11/h3-5,25-26H,1-2H3,(H,22,23). The number of benzene rings is 1. The number of hydrogen-bond donors (Lipinski definition) is 3. The van der Waals surface area contributed by atoms with E-state index in [-0.39, 0.29) is 38.5 Å². The Morgan fingerprint density at radius 3 is 2.19 bits per heavy atom. The summed E-state index contributed by atoms with van der Waals surface area (Å²) in [7, 11) is 0. The lowest BCUT2D eigenvalue weighted by atomic mass is 10.1. The Kier molecular flexibility index (Phi) is 4.36. The number of aromatic nitrogens is 2. The van der Waals surface area contributed by atoms with Gasteiger partial charge in [0.1, 0.15) is 5.82 Å². The molecule has 0 radical (unpaired) electrons. The van der Waals surface area contributed by atoms with Crippen molar-refractivity contribution in [2.75, 3.05) is 5.43 Å². The Hall–Kier alpha value is -2.32. The summed E-state index contributed by atoms with van der Waals surface area (Å²) in [6.45, 7) is 3.10. The minimum absolute atomic E-state index is 0.0512. The van der Waals surface area contributed by atoms with Gasteiger partial charge in [-0.3, -0.25) is 5.43 Å². The highest BCUT2D eigenvalue weighted by atomic mass is 35.5. The first-order valence-corrected chi connectivity index (χ1v) is 8.00. The van der Waals surface area contributed by atoms with Gasteiger partial charge in [0.25, 0.3) is 0 Å². The van der Waals surface area contributed by atoms with Gasteiger partial charge in [-0.25, -0.2) is 4.98 Å². The number of rotatable bonds is 2. The van der Waals surface area contributed by atoms with Gasteiger partial charge in [-0.05, 0) is 26.0 Å². The largest absolute Gasteiger partial charge is 0.493 e. The smallest absolute Gasteiger partial charge is 0.417 e. The van der Waals surface area contributed by atoms with Crippen LogP contribution in [0.3, 0.4) is 0 Å². The number of aromatic hydroxyl groups is 2. The third kappa shape index (κ3) is 2.89. The molecule has 3 aromatic rings. The summed E-state index contributed by atoms with van der Waals surface area (Å²) >= 11 is 11.9. The molecule has 0 atom stereocenters. The van der Waals surface area contributed by atoms with E-state index in [9.17, 15) is 23.4 Å². The number of pyridine rings is 1. The minimum atomic E-state index is -4.68. The van der Waals surface area contributed by atoms with E-state index in [1.165, 1.54) is 12.1 Å². The van der Waals surface area contributed by atoms with Crippen molar-refractivity contribution in [3.63, 3.8) is 0 Å². The Morgan fingerprint density at radius 2 is 1.65 bits per heavy atom. The van der Waals surface area contributed by atoms with Crippen molar-refractivity contribution in [1.82, 2.24) is 9.66 Å². The van der Waals surface area contributed by atoms with Crippen molar-refractivity contribution in [3.8, 4) is 11.8 Å². The zero-order valence-electron chi connectivity index (χ0n) is 13.4. The molecule has 2 aromatic heterocycles. The predicted octanol–water partition coefficient (Wildman–Crippen LogP) is 5.27. The summed E-state index contributed by atoms with van der Waals surface area (Å²) < 4.78 is 41.2. The normalized spacial score (nSPS) is 12.0. The fourth-order valence-electron chi connectivity index (χ4n) is 2.52. The van der Waals surface area contributed by atoms with Crippen molar-refractivity contribution in [2.45, 2.75) is 20.0 Å². The molecule has 0 aliphatic heterocycles. The van der Waals surface area contributed by atoms with Crippen LogP contribution in [0.2, 0.25) is 10.0 Å². The van der Waals surface area contributed by atoms with Gasteiger partial charge < -0.3 is 10.2 Å². The van der Waals surface area contributed by atoms with Gasteiger partial charge in [-0.2, -0.15) is 17.8 Å². The molecule has 0 aliphatic rings. The van der Waals surface area contributed by atoms with Crippen LogP contribution in [0, 0.1) is 13.8 Å². The second-order valence-corrected chi connectivity index (χ2v) is 6.44. The summed E-state index contributed by atoms with van der Waals surface area (Å²) in [5.74, 6) is -0.991. The van der Waals surface area contributed by atoms with Gasteiger partial charge >= 0.3 is 6.18 Å². The Labute approximate surface area is 155 Å². The highest BCUT2D eigenvalue weighted by molar-refractivity contribution is 6.45. The van der Waals surface area contributed by atoms with Crippen LogP contribution in [0.4, 0.5) is 19.0 Å². The molecule has 0 fully saturated rings. The van der Waals surface area contributed by atoms with Crippen LogP contribution in [0.15, 0.2) is 18.2 Å². The van der Waals surface area contributed by atoms with E-state index < -0.39 is 11.7 Å². The number of nitrogens with zero attached hydrogens (tertiary/aromatic N) is 2. The molecule has 0 saturated carbocycles. The maximum absolute atomic E-state index is 13.5. The van der Waals surface area contributed by atoms with E-state index in [4.69, 9.17) is 23.2 Å². The average molecular weight is 406 g/mol. The predicted molar refractivity (Wildman–Crippen MR) is 93.0 cm³/mol. The second-order valence-electron chi connectivity index (χ2n) is 5.65. The molecule has 3 N–H and O–H groups in total. The summed E-state index contributed by atoms with van der Waals surface area (Å²) in [6.07, 6.45) is -4.68. The van der Waals surface area contributed by atoms with Gasteiger partial charge in [0.05, 0.1) is 21.1 Å². The van der Waals surface area contributed by atoms with Crippen LogP contribution in [0.25, 0.3) is 10.9 Å². The zero-order valence-corrected chi connectivity index (χ0v) is 14.9. The third-order valence-corrected chi connectivity index (χ3v) is 4.86. The summed E-state index contributed by atoms with van der Waals surface area (Å²) in [5, 5.41) is 19.8. The van der Waals surface area contributed by atoms with Crippen LogP contribution in [0.1, 0.15) is 16.7 Å². The van der Waals surface area contributed by atoms with Gasteiger partial charge in [0.2, 0.25) is 11.8 Å². The van der Waals surface area contributed by atoms with E-state index in [0.717, 1.165) is 10.7 Å². The number of hydrogen-bond acceptors (Lipinski definition) is 4. The highest BCUT2D eigenvalue weighted by Crippen LogP contribution is 2.40. The van der Waals surface area contributed by atoms with Crippen molar-refractivity contribution >= 4 is 39.9 Å². The lowest BCUT2D eigenvalue weighted by Gasteiger charge is -2.15. The van der Waals surface area contributed by atoms with E-state index >= 15 is 0 Å². The van der Waals surface area contributed by atoms with Crippen LogP contribution in [0.5, 0.6) is 11.8 Å². The fraction of sp³-hybridized carbons (Fsp3) is 0.188. The van der Waals surface area contributed by atoms with Crippen LogP contribution < -0.4 is 5.43 Å². The number of fused-ring (bicyclic) bond motifs is 1. The lowest BCUT2D eigenvalue weighted by molar-refractivity contribution is -0.136. The molecule has 0 bridgehead atoms. The molecule has 3 rings (SSSR count). The van der Waals surface area contributed by atoms with E-state index in [0.29, 0.717) is 11.1 Å². The first-order valence-electron chi connectivity index (χ1n) is 7.25. The second kappa shape index (κ2) is 6.14. The molecule has 0 amide bonds. The van der Waals surface area contributed by atoms with Gasteiger partial charge in [0, 0.05) is 16.5 Å². The summed E-state index contributed by atoms with van der Waals surface area (Å²) in [4.78, 5) is 4.06. The number of anilines is 1. The van der Waals surface area contributed by atoms with Crippen molar-refractivity contribution in [1.29, 1.82) is 0 Å². The molecule has 0 saturated heterocycles. The van der Waals surface area contributed by atoms with Crippen molar-refractivity contribution in [3.05, 3.63) is 44.9 Å². The Balaban J connectivity index is 2.25. The Bertz CT molecular complexity index is 1010. The number of nitrogens with one attached hydrogen (secondary N) is 1. The Morgan fingerprint density at radius 1 is 1.08 bits per heavy atom. The molecule has 138 valence electrons. The minimum Gasteiger partial charge on any atom is -0.493 e. The van der Waals surface area contributed by atoms with E-state index in [2.05, 4.69) is 10.4 Å². The van der Waals surface area contributed by atoms with Gasteiger partial charge in [0.15, 0.2) is 0 Å².